The lowest BCUT2D eigenvalue weighted by molar-refractivity contribution is -0.121. The number of carbonyl (C=O) groups is 1. The summed E-state index contributed by atoms with van der Waals surface area (Å²) in [6.07, 6.45) is 4.85. The lowest BCUT2D eigenvalue weighted by Crippen LogP contribution is -2.38. The van der Waals surface area contributed by atoms with Crippen molar-refractivity contribution in [2.45, 2.75) is 18.9 Å². The molecule has 1 fully saturated rings. The third-order valence-corrected chi connectivity index (χ3v) is 4.52. The van der Waals surface area contributed by atoms with E-state index < -0.39 is 0 Å². The Kier molecular flexibility index (Phi) is 5.48. The van der Waals surface area contributed by atoms with Crippen molar-refractivity contribution in [2.75, 3.05) is 36.5 Å². The van der Waals surface area contributed by atoms with E-state index in [4.69, 9.17) is 0 Å². The first-order valence-electron chi connectivity index (χ1n) is 8.53. The van der Waals surface area contributed by atoms with Crippen molar-refractivity contribution in [1.82, 2.24) is 10.3 Å². The molecular formula is C19H23FN4O. The largest absolute Gasteiger partial charge is 0.374 e. The highest BCUT2D eigenvalue weighted by atomic mass is 19.1. The second-order valence-corrected chi connectivity index (χ2v) is 6.35. The molecular weight excluding hydrogens is 319 g/mol. The molecule has 1 N–H and O–H groups in total. The number of anilines is 2. The first kappa shape index (κ1) is 17.2. The fourth-order valence-electron chi connectivity index (χ4n) is 3.06. The van der Waals surface area contributed by atoms with Crippen LogP contribution < -0.4 is 15.1 Å². The standard InChI is InChI=1S/C19H23FN4O/c1-23(17-6-10-21-11-7-17)12-9-19(25)22-16-8-13-24(14-16)18-4-2-15(20)3-5-18/h2-7,10-11,16H,8-9,12-14H2,1H3,(H,22,25). The predicted octanol–water partition coefficient (Wildman–Crippen LogP) is 2.44. The van der Waals surface area contributed by atoms with Crippen LogP contribution in [-0.2, 0) is 4.79 Å². The maximum atomic E-state index is 13.0. The van der Waals surface area contributed by atoms with E-state index in [1.54, 1.807) is 24.5 Å². The number of aromatic nitrogens is 1. The molecule has 2 aromatic rings. The van der Waals surface area contributed by atoms with Crippen LogP contribution in [-0.4, -0.2) is 43.6 Å². The highest BCUT2D eigenvalue weighted by Crippen LogP contribution is 2.20. The van der Waals surface area contributed by atoms with Gasteiger partial charge >= 0.3 is 0 Å². The average Bonchev–Trinajstić information content (AvgIpc) is 3.09. The molecule has 25 heavy (non-hydrogen) atoms. The zero-order valence-electron chi connectivity index (χ0n) is 14.4. The Hall–Kier alpha value is -2.63. The molecule has 2 heterocycles. The molecule has 1 atom stereocenters. The molecule has 0 aliphatic carbocycles. The van der Waals surface area contributed by atoms with Gasteiger partial charge in [0.15, 0.2) is 0 Å². The molecule has 3 rings (SSSR count). The third kappa shape index (κ3) is 4.68. The Bertz CT molecular complexity index is 692. The highest BCUT2D eigenvalue weighted by molar-refractivity contribution is 5.77. The molecule has 1 aliphatic heterocycles. The highest BCUT2D eigenvalue weighted by Gasteiger charge is 2.24. The minimum atomic E-state index is -0.230. The van der Waals surface area contributed by atoms with Gasteiger partial charge in [0.05, 0.1) is 0 Å². The van der Waals surface area contributed by atoms with Crippen LogP contribution in [0.15, 0.2) is 48.8 Å². The normalized spacial score (nSPS) is 16.7. The summed E-state index contributed by atoms with van der Waals surface area (Å²) >= 11 is 0. The molecule has 1 amide bonds. The van der Waals surface area contributed by atoms with Gasteiger partial charge in [-0.25, -0.2) is 4.39 Å². The number of halogens is 1. The van der Waals surface area contributed by atoms with E-state index in [-0.39, 0.29) is 17.8 Å². The van der Waals surface area contributed by atoms with Crippen LogP contribution in [0, 0.1) is 5.82 Å². The molecule has 132 valence electrons. The van der Waals surface area contributed by atoms with Gasteiger partial charge in [-0.1, -0.05) is 0 Å². The molecule has 0 spiro atoms. The smallest absolute Gasteiger partial charge is 0.222 e. The van der Waals surface area contributed by atoms with Gasteiger partial charge in [-0.3, -0.25) is 9.78 Å². The molecule has 1 aromatic heterocycles. The summed E-state index contributed by atoms with van der Waals surface area (Å²) in [6.45, 7) is 2.29. The topological polar surface area (TPSA) is 48.5 Å². The lowest BCUT2D eigenvalue weighted by atomic mass is 10.2. The number of amides is 1. The summed E-state index contributed by atoms with van der Waals surface area (Å²) in [6, 6.07) is 10.5. The SMILES string of the molecule is CN(CCC(=O)NC1CCN(c2ccc(F)cc2)C1)c1ccncc1. The predicted molar refractivity (Wildman–Crippen MR) is 97.3 cm³/mol. The van der Waals surface area contributed by atoms with Crippen molar-refractivity contribution in [2.24, 2.45) is 0 Å². The minimum Gasteiger partial charge on any atom is -0.374 e. The van der Waals surface area contributed by atoms with Crippen LogP contribution in [0.25, 0.3) is 0 Å². The van der Waals surface area contributed by atoms with Crippen molar-refractivity contribution >= 4 is 17.3 Å². The van der Waals surface area contributed by atoms with Crippen LogP contribution in [0.1, 0.15) is 12.8 Å². The summed E-state index contributed by atoms with van der Waals surface area (Å²) in [5.74, 6) is -0.169. The summed E-state index contributed by atoms with van der Waals surface area (Å²) in [5.41, 5.74) is 2.04. The number of hydrogen-bond acceptors (Lipinski definition) is 4. The molecule has 1 aliphatic rings. The third-order valence-electron chi connectivity index (χ3n) is 4.52. The summed E-state index contributed by atoms with van der Waals surface area (Å²) in [4.78, 5) is 20.4. The van der Waals surface area contributed by atoms with Gasteiger partial charge in [-0.15, -0.1) is 0 Å². The Labute approximate surface area is 147 Å². The Morgan fingerprint density at radius 3 is 2.72 bits per heavy atom. The van der Waals surface area contributed by atoms with E-state index in [0.29, 0.717) is 13.0 Å². The molecule has 1 aromatic carbocycles. The van der Waals surface area contributed by atoms with Crippen molar-refractivity contribution in [3.8, 4) is 0 Å². The van der Waals surface area contributed by atoms with Gasteiger partial charge < -0.3 is 15.1 Å². The molecule has 5 nitrogen and oxygen atoms in total. The first-order chi connectivity index (χ1) is 12.1. The number of nitrogens with one attached hydrogen (secondary N) is 1. The van der Waals surface area contributed by atoms with E-state index in [1.807, 2.05) is 24.1 Å². The minimum absolute atomic E-state index is 0.0619. The van der Waals surface area contributed by atoms with Crippen molar-refractivity contribution < 1.29 is 9.18 Å². The summed E-state index contributed by atoms with van der Waals surface area (Å²) < 4.78 is 13.0. The Morgan fingerprint density at radius 2 is 2.00 bits per heavy atom. The zero-order valence-corrected chi connectivity index (χ0v) is 14.4. The number of rotatable bonds is 6. The number of nitrogens with zero attached hydrogens (tertiary/aromatic N) is 3. The number of carbonyl (C=O) groups excluding carboxylic acids is 1. The second-order valence-electron chi connectivity index (χ2n) is 6.35. The van der Waals surface area contributed by atoms with E-state index >= 15 is 0 Å². The van der Waals surface area contributed by atoms with Crippen LogP contribution >= 0.6 is 0 Å². The summed E-state index contributed by atoms with van der Waals surface area (Å²) in [7, 11) is 1.97. The van der Waals surface area contributed by atoms with Crippen molar-refractivity contribution in [3.05, 3.63) is 54.6 Å². The monoisotopic (exact) mass is 342 g/mol. The maximum absolute atomic E-state index is 13.0. The van der Waals surface area contributed by atoms with Gasteiger partial charge in [-0.05, 0) is 42.8 Å². The second kappa shape index (κ2) is 7.96. The van der Waals surface area contributed by atoms with Crippen molar-refractivity contribution in [3.63, 3.8) is 0 Å². The van der Waals surface area contributed by atoms with Crippen LogP contribution in [0.3, 0.4) is 0 Å². The Morgan fingerprint density at radius 1 is 1.28 bits per heavy atom. The molecule has 6 heteroatoms. The molecule has 1 saturated heterocycles. The van der Waals surface area contributed by atoms with E-state index in [1.165, 1.54) is 12.1 Å². The summed E-state index contributed by atoms with van der Waals surface area (Å²) in [5, 5.41) is 3.10. The average molecular weight is 342 g/mol. The zero-order chi connectivity index (χ0) is 17.6. The van der Waals surface area contributed by atoms with Gasteiger partial charge in [-0.2, -0.15) is 0 Å². The fourth-order valence-corrected chi connectivity index (χ4v) is 3.06. The van der Waals surface area contributed by atoms with Gasteiger partial charge in [0.2, 0.25) is 5.91 Å². The van der Waals surface area contributed by atoms with E-state index in [0.717, 1.165) is 30.9 Å². The number of hydrogen-bond donors (Lipinski definition) is 1. The quantitative estimate of drug-likeness (QED) is 0.876. The molecule has 0 bridgehead atoms. The molecule has 1 unspecified atom stereocenters. The first-order valence-corrected chi connectivity index (χ1v) is 8.53. The molecule has 0 saturated carbocycles. The fraction of sp³-hybridized carbons (Fsp3) is 0.368. The van der Waals surface area contributed by atoms with Crippen LogP contribution in [0.2, 0.25) is 0 Å². The Balaban J connectivity index is 1.43. The van der Waals surface area contributed by atoms with Crippen LogP contribution in [0.5, 0.6) is 0 Å². The van der Waals surface area contributed by atoms with Crippen molar-refractivity contribution in [1.29, 1.82) is 0 Å². The van der Waals surface area contributed by atoms with Crippen LogP contribution in [0.4, 0.5) is 15.8 Å². The lowest BCUT2D eigenvalue weighted by Gasteiger charge is -2.20. The number of pyridine rings is 1. The van der Waals surface area contributed by atoms with E-state index in [2.05, 4.69) is 15.2 Å². The maximum Gasteiger partial charge on any atom is 0.222 e. The van der Waals surface area contributed by atoms with Gasteiger partial charge in [0.25, 0.3) is 0 Å². The van der Waals surface area contributed by atoms with Gasteiger partial charge in [0, 0.05) is 62.9 Å². The number of benzene rings is 1. The van der Waals surface area contributed by atoms with E-state index in [9.17, 15) is 9.18 Å². The van der Waals surface area contributed by atoms with Gasteiger partial charge in [0.1, 0.15) is 5.82 Å². The molecule has 0 radical (unpaired) electrons.